The Balaban J connectivity index is 1.16. The van der Waals surface area contributed by atoms with Crippen LogP contribution in [-0.2, 0) is 14.3 Å². The summed E-state index contributed by atoms with van der Waals surface area (Å²) in [5.74, 6) is 1.50. The number of hydrogen-bond acceptors (Lipinski definition) is 9. The number of ether oxygens (including phenoxy) is 4. The number of aromatic nitrogens is 1. The van der Waals surface area contributed by atoms with Gasteiger partial charge in [0.1, 0.15) is 11.1 Å². The Hall–Kier alpha value is -2.36. The molecule has 2 aliphatic heterocycles. The molecule has 2 saturated heterocycles. The number of fused-ring (bicyclic) bond motifs is 1. The average molecular weight is 503 g/mol. The number of esters is 1. The van der Waals surface area contributed by atoms with Crippen molar-refractivity contribution in [2.75, 3.05) is 46.6 Å². The van der Waals surface area contributed by atoms with Gasteiger partial charge >= 0.3 is 5.97 Å². The van der Waals surface area contributed by atoms with Gasteiger partial charge in [-0.25, -0.2) is 0 Å². The lowest BCUT2D eigenvalue weighted by molar-refractivity contribution is -0.160. The van der Waals surface area contributed by atoms with Crippen LogP contribution >= 0.6 is 0 Å². The van der Waals surface area contributed by atoms with E-state index in [4.69, 9.17) is 23.5 Å². The van der Waals surface area contributed by atoms with Crippen molar-refractivity contribution in [2.45, 2.75) is 63.6 Å². The van der Waals surface area contributed by atoms with E-state index in [1.165, 1.54) is 7.11 Å². The Morgan fingerprint density at radius 3 is 2.61 bits per heavy atom. The van der Waals surface area contributed by atoms with Crippen molar-refractivity contribution in [1.82, 2.24) is 10.1 Å². The normalized spacial score (nSPS) is 25.5. The van der Waals surface area contributed by atoms with Crippen molar-refractivity contribution < 1.29 is 33.4 Å². The second-order valence-electron chi connectivity index (χ2n) is 10.6. The molecule has 0 amide bonds. The Morgan fingerprint density at radius 2 is 1.89 bits per heavy atom. The van der Waals surface area contributed by atoms with Crippen LogP contribution in [0, 0.1) is 11.3 Å². The van der Waals surface area contributed by atoms with E-state index >= 15 is 0 Å². The van der Waals surface area contributed by atoms with Gasteiger partial charge in [0.2, 0.25) is 0 Å². The lowest BCUT2D eigenvalue weighted by atomic mass is 9.79. The number of carbonyl (C=O) groups is 1. The first-order valence-electron chi connectivity index (χ1n) is 13.3. The zero-order chi connectivity index (χ0) is 25.0. The number of aliphatic hydroxyl groups is 1. The van der Waals surface area contributed by atoms with E-state index in [9.17, 15) is 9.90 Å². The summed E-state index contributed by atoms with van der Waals surface area (Å²) in [4.78, 5) is 15.0. The molecule has 2 aromatic rings. The lowest BCUT2D eigenvalue weighted by Gasteiger charge is -2.41. The third kappa shape index (κ3) is 5.63. The summed E-state index contributed by atoms with van der Waals surface area (Å²) < 4.78 is 28.6. The maximum absolute atomic E-state index is 12.6. The van der Waals surface area contributed by atoms with Crippen molar-refractivity contribution in [3.8, 4) is 11.6 Å². The molecule has 9 heteroatoms. The number of nitrogens with zero attached hydrogens (tertiary/aromatic N) is 2. The fourth-order valence-corrected chi connectivity index (χ4v) is 5.81. The number of methoxy groups -OCH3 is 1. The van der Waals surface area contributed by atoms with Gasteiger partial charge in [0.05, 0.1) is 31.3 Å². The van der Waals surface area contributed by atoms with Gasteiger partial charge in [-0.2, -0.15) is 0 Å². The molecular formula is C27H38N2O7. The van der Waals surface area contributed by atoms with E-state index < -0.39 is 5.41 Å². The summed E-state index contributed by atoms with van der Waals surface area (Å²) in [6, 6.07) is 5.71. The van der Waals surface area contributed by atoms with Crippen LogP contribution < -0.4 is 9.47 Å². The maximum atomic E-state index is 12.6. The van der Waals surface area contributed by atoms with Gasteiger partial charge < -0.3 is 33.5 Å². The highest BCUT2D eigenvalue weighted by Crippen LogP contribution is 2.37. The molecule has 0 radical (unpaired) electrons. The standard InChI is InChI=1S/C27H38N2O7/c1-32-26(31)27(11-15-33-16-12-27)18-29-13-9-19(10-14-29)17-34-25-24-22(3-2-4-23(24)36-28-25)35-21-7-5-20(30)6-8-21/h2-4,19-21,30H,5-18H2,1H3. The van der Waals surface area contributed by atoms with Crippen LogP contribution in [0.25, 0.3) is 11.0 Å². The molecule has 0 unspecified atom stereocenters. The van der Waals surface area contributed by atoms with Crippen molar-refractivity contribution in [3.63, 3.8) is 0 Å². The number of carbonyl (C=O) groups excluding carboxylic acids is 1. The molecular weight excluding hydrogens is 464 g/mol. The van der Waals surface area contributed by atoms with E-state index in [1.807, 2.05) is 18.2 Å². The second-order valence-corrected chi connectivity index (χ2v) is 10.6. The first-order chi connectivity index (χ1) is 17.6. The minimum atomic E-state index is -0.456. The Kier molecular flexibility index (Phi) is 7.98. The van der Waals surface area contributed by atoms with Crippen molar-refractivity contribution in [1.29, 1.82) is 0 Å². The van der Waals surface area contributed by atoms with E-state index in [1.54, 1.807) is 0 Å². The van der Waals surface area contributed by atoms with Gasteiger partial charge in [0.25, 0.3) is 5.88 Å². The van der Waals surface area contributed by atoms with Gasteiger partial charge in [-0.15, -0.1) is 0 Å². The molecule has 1 aliphatic carbocycles. The van der Waals surface area contributed by atoms with Gasteiger partial charge in [0.15, 0.2) is 5.58 Å². The summed E-state index contributed by atoms with van der Waals surface area (Å²) in [6.07, 6.45) is 6.49. The topological polar surface area (TPSA) is 103 Å². The molecule has 1 aromatic carbocycles. The number of rotatable bonds is 8. The third-order valence-electron chi connectivity index (χ3n) is 8.12. The second kappa shape index (κ2) is 11.4. The third-order valence-corrected chi connectivity index (χ3v) is 8.12. The van der Waals surface area contributed by atoms with Gasteiger partial charge in [0, 0.05) is 19.8 Å². The number of hydrogen-bond donors (Lipinski definition) is 1. The number of aliphatic hydroxyl groups excluding tert-OH is 1. The van der Waals surface area contributed by atoms with Crippen LogP contribution in [0.1, 0.15) is 51.4 Å². The molecule has 3 fully saturated rings. The lowest BCUT2D eigenvalue weighted by Crippen LogP contribution is -2.49. The maximum Gasteiger partial charge on any atom is 0.313 e. The molecule has 3 heterocycles. The van der Waals surface area contributed by atoms with Crippen molar-refractivity contribution in [3.05, 3.63) is 18.2 Å². The quantitative estimate of drug-likeness (QED) is 0.543. The highest BCUT2D eigenvalue weighted by Gasteiger charge is 2.43. The highest BCUT2D eigenvalue weighted by atomic mass is 16.5. The fraction of sp³-hybridized carbons (Fsp3) is 0.704. The number of likely N-dealkylation sites (tertiary alicyclic amines) is 1. The monoisotopic (exact) mass is 502 g/mol. The predicted molar refractivity (Wildman–Crippen MR) is 132 cm³/mol. The molecule has 0 bridgehead atoms. The molecule has 9 nitrogen and oxygen atoms in total. The van der Waals surface area contributed by atoms with E-state index in [0.29, 0.717) is 50.0 Å². The number of piperidine rings is 1. The summed E-state index contributed by atoms with van der Waals surface area (Å²) in [5.41, 5.74) is 0.195. The molecule has 198 valence electrons. The van der Waals surface area contributed by atoms with Crippen LogP contribution in [0.4, 0.5) is 0 Å². The van der Waals surface area contributed by atoms with Crippen molar-refractivity contribution in [2.24, 2.45) is 11.3 Å². The SMILES string of the molecule is COC(=O)C1(CN2CCC(COc3noc4cccc(OC5CCC(O)CC5)c34)CC2)CCOCC1. The van der Waals surface area contributed by atoms with Crippen molar-refractivity contribution >= 4 is 16.9 Å². The molecule has 1 N–H and O–H groups in total. The highest BCUT2D eigenvalue weighted by molar-refractivity contribution is 5.88. The molecule has 36 heavy (non-hydrogen) atoms. The van der Waals surface area contributed by atoms with Crippen LogP contribution in [0.3, 0.4) is 0 Å². The first kappa shape index (κ1) is 25.3. The van der Waals surface area contributed by atoms with E-state index in [-0.39, 0.29) is 18.2 Å². The Bertz CT molecular complexity index is 1000. The molecule has 0 atom stereocenters. The summed E-state index contributed by atoms with van der Waals surface area (Å²) >= 11 is 0. The van der Waals surface area contributed by atoms with Gasteiger partial charge in [-0.1, -0.05) is 6.07 Å². The van der Waals surface area contributed by atoms with Crippen LogP contribution in [0.2, 0.25) is 0 Å². The average Bonchev–Trinajstić information content (AvgIpc) is 3.34. The van der Waals surface area contributed by atoms with E-state index in [0.717, 1.165) is 69.3 Å². The van der Waals surface area contributed by atoms with Crippen LogP contribution in [0.15, 0.2) is 22.7 Å². The minimum absolute atomic E-state index is 0.0788. The first-order valence-corrected chi connectivity index (χ1v) is 13.3. The predicted octanol–water partition coefficient (Wildman–Crippen LogP) is 3.57. The Labute approximate surface area is 212 Å². The zero-order valence-corrected chi connectivity index (χ0v) is 21.2. The molecule has 1 aromatic heterocycles. The number of benzene rings is 1. The smallest absolute Gasteiger partial charge is 0.313 e. The zero-order valence-electron chi connectivity index (χ0n) is 21.2. The van der Waals surface area contributed by atoms with Gasteiger partial charge in [-0.05, 0) is 87.7 Å². The van der Waals surface area contributed by atoms with E-state index in [2.05, 4.69) is 10.1 Å². The largest absolute Gasteiger partial charge is 0.489 e. The summed E-state index contributed by atoms with van der Waals surface area (Å²) in [5, 5.41) is 14.8. The Morgan fingerprint density at radius 1 is 1.14 bits per heavy atom. The van der Waals surface area contributed by atoms with Crippen LogP contribution in [-0.4, -0.2) is 79.9 Å². The summed E-state index contributed by atoms with van der Waals surface area (Å²) in [7, 11) is 1.48. The van der Waals surface area contributed by atoms with Crippen LogP contribution in [0.5, 0.6) is 11.6 Å². The van der Waals surface area contributed by atoms with Gasteiger partial charge in [-0.3, -0.25) is 4.79 Å². The molecule has 0 spiro atoms. The molecule has 1 saturated carbocycles. The molecule has 5 rings (SSSR count). The molecule has 3 aliphatic rings. The minimum Gasteiger partial charge on any atom is -0.489 e. The fourth-order valence-electron chi connectivity index (χ4n) is 5.81. The summed E-state index contributed by atoms with van der Waals surface area (Å²) in [6.45, 7) is 4.36.